The molecular weight excluding hydrogens is 442 g/mol. The van der Waals surface area contributed by atoms with Gasteiger partial charge in [-0.1, -0.05) is 34.6 Å². The molecule has 1 aliphatic heterocycles. The first-order valence-electron chi connectivity index (χ1n) is 11.7. The molecule has 0 spiro atoms. The number of likely N-dealkylation sites (tertiary alicyclic amines) is 1. The van der Waals surface area contributed by atoms with Crippen molar-refractivity contribution in [3.05, 3.63) is 0 Å². The lowest BCUT2D eigenvalue weighted by Crippen LogP contribution is -2.61. The Balaban J connectivity index is 1.84. The van der Waals surface area contributed by atoms with E-state index in [9.17, 15) is 24.0 Å². The predicted octanol–water partition coefficient (Wildman–Crippen LogP) is 1.71. The minimum absolute atomic E-state index is 0.0969. The number of carboxylic acids is 1. The Morgan fingerprint density at radius 2 is 1.59 bits per heavy atom. The van der Waals surface area contributed by atoms with Crippen LogP contribution >= 0.6 is 0 Å². The molecule has 2 saturated carbocycles. The first-order chi connectivity index (χ1) is 15.3. The fourth-order valence-corrected chi connectivity index (χ4v) is 5.10. The molecule has 0 bridgehead atoms. The number of amides is 3. The number of carboxylic acid groups (broad SMARTS) is 1. The molecule has 10 nitrogen and oxygen atoms in total. The number of aliphatic carboxylic acids is 1. The highest BCUT2D eigenvalue weighted by Crippen LogP contribution is 2.65. The molecule has 3 fully saturated rings. The van der Waals surface area contributed by atoms with Gasteiger partial charge in [-0.2, -0.15) is 0 Å². The lowest BCUT2D eigenvalue weighted by atomic mass is 9.85. The number of carbonyl (C=O) groups is 5. The largest absolute Gasteiger partial charge is 0.475 e. The zero-order valence-electron chi connectivity index (χ0n) is 21.3. The minimum Gasteiger partial charge on any atom is -0.475 e. The van der Waals surface area contributed by atoms with Crippen molar-refractivity contribution in [2.75, 3.05) is 6.54 Å². The fourth-order valence-electron chi connectivity index (χ4n) is 5.10. The van der Waals surface area contributed by atoms with Crippen LogP contribution in [0.15, 0.2) is 0 Å². The molecule has 0 aromatic carbocycles. The Kier molecular flexibility index (Phi) is 6.07. The van der Waals surface area contributed by atoms with Gasteiger partial charge in [0, 0.05) is 6.54 Å². The van der Waals surface area contributed by atoms with E-state index in [1.807, 2.05) is 34.6 Å². The summed E-state index contributed by atoms with van der Waals surface area (Å²) in [7, 11) is 0. The maximum absolute atomic E-state index is 13.7. The number of carbonyl (C=O) groups excluding carboxylic acids is 4. The number of hydrogen-bond acceptors (Lipinski definition) is 6. The van der Waals surface area contributed by atoms with Crippen molar-refractivity contribution in [3.8, 4) is 0 Å². The van der Waals surface area contributed by atoms with Crippen LogP contribution in [0.5, 0.6) is 0 Å². The third kappa shape index (κ3) is 4.77. The molecule has 3 N–H and O–H groups in total. The SMILES string of the molecule is CC(C)(C)OC(=O)N[C@H](C(=O)N1C[C@H]2[C@@H]([C@H]1C(=O)NC1(C(=O)C(=O)O)CC1)C2(C)C)C(C)(C)C. The van der Waals surface area contributed by atoms with Crippen molar-refractivity contribution >= 4 is 29.7 Å². The number of Topliss-reactive ketones (excluding diaryl/α,β-unsaturated/α-hetero) is 1. The van der Waals surface area contributed by atoms with Gasteiger partial charge in [-0.05, 0) is 56.3 Å². The molecule has 0 unspecified atom stereocenters. The van der Waals surface area contributed by atoms with Crippen LogP contribution in [0, 0.1) is 22.7 Å². The first kappa shape index (κ1) is 26.0. The number of ketones is 1. The summed E-state index contributed by atoms with van der Waals surface area (Å²) in [6.07, 6.45) is -0.213. The summed E-state index contributed by atoms with van der Waals surface area (Å²) in [5, 5.41) is 14.5. The number of alkyl carbamates (subject to hydrolysis) is 1. The van der Waals surface area contributed by atoms with Gasteiger partial charge in [0.05, 0.1) is 0 Å². The van der Waals surface area contributed by atoms with E-state index in [-0.39, 0.29) is 30.1 Å². The highest BCUT2D eigenvalue weighted by Gasteiger charge is 2.70. The van der Waals surface area contributed by atoms with Gasteiger partial charge in [0.25, 0.3) is 5.78 Å². The van der Waals surface area contributed by atoms with E-state index in [1.165, 1.54) is 4.90 Å². The van der Waals surface area contributed by atoms with Crippen LogP contribution in [0.4, 0.5) is 4.79 Å². The molecule has 0 aromatic rings. The first-order valence-corrected chi connectivity index (χ1v) is 11.7. The molecule has 4 atom stereocenters. The molecule has 3 amide bonds. The predicted molar refractivity (Wildman–Crippen MR) is 122 cm³/mol. The number of ether oxygens (including phenoxy) is 1. The van der Waals surface area contributed by atoms with Gasteiger partial charge < -0.3 is 25.4 Å². The second-order valence-corrected chi connectivity index (χ2v) is 12.5. The van der Waals surface area contributed by atoms with Crippen molar-refractivity contribution in [2.45, 2.75) is 91.5 Å². The summed E-state index contributed by atoms with van der Waals surface area (Å²) in [4.78, 5) is 64.4. The summed E-state index contributed by atoms with van der Waals surface area (Å²) in [5.41, 5.74) is -2.98. The average molecular weight is 480 g/mol. The lowest BCUT2D eigenvalue weighted by Gasteiger charge is -2.38. The molecule has 190 valence electrons. The second-order valence-electron chi connectivity index (χ2n) is 12.5. The Morgan fingerprint density at radius 1 is 1.03 bits per heavy atom. The Hall–Kier alpha value is -2.65. The van der Waals surface area contributed by atoms with Gasteiger partial charge in [0.2, 0.25) is 11.8 Å². The van der Waals surface area contributed by atoms with Crippen LogP contribution in [-0.4, -0.2) is 69.4 Å². The maximum Gasteiger partial charge on any atom is 0.408 e. The van der Waals surface area contributed by atoms with E-state index in [4.69, 9.17) is 9.84 Å². The van der Waals surface area contributed by atoms with Crippen LogP contribution in [-0.2, 0) is 23.9 Å². The second kappa shape index (κ2) is 7.95. The summed E-state index contributed by atoms with van der Waals surface area (Å²) in [5.74, 6) is -3.58. The van der Waals surface area contributed by atoms with Gasteiger partial charge in [0.15, 0.2) is 0 Å². The normalized spacial score (nSPS) is 27.2. The Bertz CT molecular complexity index is 924. The van der Waals surface area contributed by atoms with Crippen LogP contribution in [0.1, 0.15) is 68.2 Å². The molecule has 2 aliphatic carbocycles. The molecule has 1 saturated heterocycles. The highest BCUT2D eigenvalue weighted by atomic mass is 16.6. The number of nitrogens with one attached hydrogen (secondary N) is 2. The molecule has 3 rings (SSSR count). The summed E-state index contributed by atoms with van der Waals surface area (Å²) in [6.45, 7) is 15.0. The molecule has 10 heteroatoms. The van der Waals surface area contributed by atoms with E-state index >= 15 is 0 Å². The molecule has 0 aromatic heterocycles. The molecular formula is C24H37N3O7. The highest BCUT2D eigenvalue weighted by molar-refractivity contribution is 6.37. The number of piperidine rings is 1. The van der Waals surface area contributed by atoms with E-state index in [0.29, 0.717) is 6.54 Å². The van der Waals surface area contributed by atoms with Crippen molar-refractivity contribution in [3.63, 3.8) is 0 Å². The van der Waals surface area contributed by atoms with Gasteiger partial charge >= 0.3 is 12.1 Å². The number of nitrogens with zero attached hydrogens (tertiary/aromatic N) is 1. The van der Waals surface area contributed by atoms with E-state index < -0.39 is 58.3 Å². The Labute approximate surface area is 200 Å². The summed E-state index contributed by atoms with van der Waals surface area (Å²) >= 11 is 0. The average Bonchev–Trinajstić information content (AvgIpc) is 3.46. The number of hydrogen-bond donors (Lipinski definition) is 3. The van der Waals surface area contributed by atoms with Crippen LogP contribution in [0.25, 0.3) is 0 Å². The zero-order valence-corrected chi connectivity index (χ0v) is 21.3. The lowest BCUT2D eigenvalue weighted by molar-refractivity contribution is -0.151. The third-order valence-electron chi connectivity index (χ3n) is 7.28. The van der Waals surface area contributed by atoms with E-state index in [0.717, 1.165) is 0 Å². The van der Waals surface area contributed by atoms with Crippen molar-refractivity contribution in [1.82, 2.24) is 15.5 Å². The van der Waals surface area contributed by atoms with Gasteiger partial charge in [-0.3, -0.25) is 14.4 Å². The smallest absolute Gasteiger partial charge is 0.408 e. The van der Waals surface area contributed by atoms with Crippen molar-refractivity contribution < 1.29 is 33.8 Å². The van der Waals surface area contributed by atoms with Gasteiger partial charge in [-0.25, -0.2) is 9.59 Å². The standard InChI is InChI=1S/C24H37N3O7/c1-21(2,3)15(25-20(33)34-22(4,5)6)18(30)27-11-12-13(23(12,7)8)14(27)17(29)26-24(9-10-24)16(28)19(31)32/h12-15H,9-11H2,1-8H3,(H,25,33)(H,26,29)(H,31,32)/t12-,13-,14-,15+/m0/s1. The van der Waals surface area contributed by atoms with Crippen LogP contribution < -0.4 is 10.6 Å². The van der Waals surface area contributed by atoms with E-state index in [2.05, 4.69) is 10.6 Å². The van der Waals surface area contributed by atoms with Crippen LogP contribution in [0.3, 0.4) is 0 Å². The van der Waals surface area contributed by atoms with Gasteiger partial charge in [0.1, 0.15) is 23.2 Å². The fraction of sp³-hybridized carbons (Fsp3) is 0.792. The number of rotatable bonds is 6. The van der Waals surface area contributed by atoms with E-state index in [1.54, 1.807) is 20.8 Å². The zero-order chi connectivity index (χ0) is 26.0. The monoisotopic (exact) mass is 479 g/mol. The quantitative estimate of drug-likeness (QED) is 0.492. The topological polar surface area (TPSA) is 142 Å². The van der Waals surface area contributed by atoms with Gasteiger partial charge in [-0.15, -0.1) is 0 Å². The van der Waals surface area contributed by atoms with Crippen molar-refractivity contribution in [1.29, 1.82) is 0 Å². The summed E-state index contributed by atoms with van der Waals surface area (Å²) in [6, 6.07) is -1.80. The molecule has 3 aliphatic rings. The third-order valence-corrected chi connectivity index (χ3v) is 7.28. The minimum atomic E-state index is -1.59. The van der Waals surface area contributed by atoms with Crippen LogP contribution in [0.2, 0.25) is 0 Å². The summed E-state index contributed by atoms with van der Waals surface area (Å²) < 4.78 is 5.34. The molecule has 0 radical (unpaired) electrons. The molecule has 34 heavy (non-hydrogen) atoms. The number of fused-ring (bicyclic) bond motifs is 1. The Morgan fingerprint density at radius 3 is 2.03 bits per heavy atom. The maximum atomic E-state index is 13.7. The van der Waals surface area contributed by atoms with Crippen molar-refractivity contribution in [2.24, 2.45) is 22.7 Å². The molecule has 1 heterocycles.